The van der Waals surface area contributed by atoms with Crippen LogP contribution in [0.4, 0.5) is 0 Å². The molecule has 0 bridgehead atoms. The van der Waals surface area contributed by atoms with Gasteiger partial charge in [-0.15, -0.1) is 11.8 Å². The zero-order valence-electron chi connectivity index (χ0n) is 19.9. The van der Waals surface area contributed by atoms with E-state index >= 15 is 0 Å². The summed E-state index contributed by atoms with van der Waals surface area (Å²) in [6.45, 7) is 6.80. The highest BCUT2D eigenvalue weighted by Crippen LogP contribution is 2.53. The number of carboxylic acid groups (broad SMARTS) is 1. The van der Waals surface area contributed by atoms with Crippen LogP contribution in [0.2, 0.25) is 0 Å². The number of Topliss-reactive ketones (excluding diaryl/α,β-unsaturated/α-hetero) is 1. The first kappa shape index (κ1) is 25.2. The summed E-state index contributed by atoms with van der Waals surface area (Å²) >= 11 is 1.46. The SMILES string of the molecule is CC(=O)C[C@H](C)[C@H]1C(=O)N2C(C(=O)O)=C(S[C@@H]3CN[C@H](C(=O)N4C[C@@H](N)C[C@H]4CN)C3)[C@H](C)[C@H]12. The molecule has 0 aromatic rings. The Morgan fingerprint density at radius 1 is 1.29 bits per heavy atom. The lowest BCUT2D eigenvalue weighted by atomic mass is 9.73. The number of nitrogens with two attached hydrogens (primary N) is 2. The number of β-lactam (4-membered cyclic amide) rings is 1. The van der Waals surface area contributed by atoms with Gasteiger partial charge in [0.2, 0.25) is 11.8 Å². The Morgan fingerprint density at radius 2 is 2.00 bits per heavy atom. The molecule has 188 valence electrons. The Bertz CT molecular complexity index is 925. The summed E-state index contributed by atoms with van der Waals surface area (Å²) in [7, 11) is 0. The van der Waals surface area contributed by atoms with Crippen LogP contribution in [0.5, 0.6) is 0 Å². The lowest BCUT2D eigenvalue weighted by Crippen LogP contribution is -2.62. The number of nitrogens with one attached hydrogen (secondary N) is 1. The number of fused-ring (bicyclic) bond motifs is 1. The van der Waals surface area contributed by atoms with Crippen LogP contribution in [0.25, 0.3) is 0 Å². The number of carbonyl (C=O) groups excluding carboxylic acids is 3. The van der Waals surface area contributed by atoms with Crippen molar-refractivity contribution in [2.24, 2.45) is 29.2 Å². The van der Waals surface area contributed by atoms with E-state index < -0.39 is 5.97 Å². The van der Waals surface area contributed by atoms with Crippen LogP contribution >= 0.6 is 11.8 Å². The van der Waals surface area contributed by atoms with Crippen LogP contribution in [-0.2, 0) is 19.2 Å². The van der Waals surface area contributed by atoms with Crippen molar-refractivity contribution < 1.29 is 24.3 Å². The third kappa shape index (κ3) is 4.27. The standard InChI is InChI=1S/C23H35N5O5S/c1-10(4-11(2)29)17-18-12(3)20(19(23(32)33)28(18)22(17)31)34-15-6-16(26-8-15)21(30)27-9-13(25)5-14(27)7-24/h10,12-18,26H,4-9,24-25H2,1-3H3,(H,32,33)/t10-,12+,13-,14-,15-,16-,17+,18+/m0/s1. The molecule has 0 spiro atoms. The molecule has 4 aliphatic rings. The Labute approximate surface area is 203 Å². The number of nitrogens with zero attached hydrogens (tertiary/aromatic N) is 2. The fraction of sp³-hybridized carbons (Fsp3) is 0.739. The van der Waals surface area contributed by atoms with Crippen molar-refractivity contribution in [3.8, 4) is 0 Å². The van der Waals surface area contributed by atoms with E-state index in [1.807, 2.05) is 13.8 Å². The molecule has 34 heavy (non-hydrogen) atoms. The molecule has 0 aromatic heterocycles. The summed E-state index contributed by atoms with van der Waals surface area (Å²) in [5.74, 6) is -1.93. The van der Waals surface area contributed by atoms with Crippen molar-refractivity contribution in [1.82, 2.24) is 15.1 Å². The number of hydrogen-bond donors (Lipinski definition) is 4. The second-order valence-electron chi connectivity index (χ2n) is 10.2. The molecule has 4 rings (SSSR count). The van der Waals surface area contributed by atoms with E-state index in [9.17, 15) is 24.3 Å². The van der Waals surface area contributed by atoms with Gasteiger partial charge in [0, 0.05) is 54.2 Å². The highest BCUT2D eigenvalue weighted by Gasteiger charge is 2.60. The van der Waals surface area contributed by atoms with Gasteiger partial charge in [-0.05, 0) is 25.7 Å². The van der Waals surface area contributed by atoms with Crippen LogP contribution in [-0.4, -0.2) is 87.5 Å². The van der Waals surface area contributed by atoms with Gasteiger partial charge in [0.25, 0.3) is 0 Å². The van der Waals surface area contributed by atoms with Crippen molar-refractivity contribution in [2.45, 2.75) is 69.5 Å². The highest BCUT2D eigenvalue weighted by atomic mass is 32.2. The minimum Gasteiger partial charge on any atom is -0.477 e. The van der Waals surface area contributed by atoms with Crippen LogP contribution < -0.4 is 16.8 Å². The lowest BCUT2D eigenvalue weighted by Gasteiger charge is -2.47. The Hall–Kier alpha value is -1.95. The molecule has 4 aliphatic heterocycles. The molecule has 0 radical (unpaired) electrons. The molecule has 0 saturated carbocycles. The number of amides is 2. The van der Waals surface area contributed by atoms with Crippen molar-refractivity contribution in [2.75, 3.05) is 19.6 Å². The summed E-state index contributed by atoms with van der Waals surface area (Å²) in [5.41, 5.74) is 11.9. The van der Waals surface area contributed by atoms with E-state index in [1.54, 1.807) is 4.90 Å². The minimum absolute atomic E-state index is 0.00414. The largest absolute Gasteiger partial charge is 0.477 e. The van der Waals surface area contributed by atoms with Gasteiger partial charge in [-0.3, -0.25) is 9.59 Å². The van der Waals surface area contributed by atoms with E-state index in [0.29, 0.717) is 43.8 Å². The molecule has 0 unspecified atom stereocenters. The molecule has 0 aromatic carbocycles. The predicted molar refractivity (Wildman–Crippen MR) is 127 cm³/mol. The van der Waals surface area contributed by atoms with Gasteiger partial charge in [0.15, 0.2) is 0 Å². The average molecular weight is 494 g/mol. The normalized spacial score (nSPS) is 36.0. The zero-order chi connectivity index (χ0) is 24.9. The van der Waals surface area contributed by atoms with Crippen molar-refractivity contribution in [1.29, 1.82) is 0 Å². The maximum atomic E-state index is 13.1. The fourth-order valence-electron chi connectivity index (χ4n) is 6.15. The van der Waals surface area contributed by atoms with Crippen molar-refractivity contribution in [3.63, 3.8) is 0 Å². The first-order valence-electron chi connectivity index (χ1n) is 12.0. The highest BCUT2D eigenvalue weighted by molar-refractivity contribution is 8.03. The summed E-state index contributed by atoms with van der Waals surface area (Å²) in [6.07, 6.45) is 1.57. The van der Waals surface area contributed by atoms with Gasteiger partial charge >= 0.3 is 5.97 Å². The fourth-order valence-corrected chi connectivity index (χ4v) is 7.63. The molecular formula is C23H35N5O5S. The van der Waals surface area contributed by atoms with Crippen LogP contribution in [0.15, 0.2) is 10.6 Å². The van der Waals surface area contributed by atoms with E-state index in [0.717, 1.165) is 0 Å². The maximum Gasteiger partial charge on any atom is 0.353 e. The number of hydrogen-bond acceptors (Lipinski definition) is 8. The smallest absolute Gasteiger partial charge is 0.353 e. The van der Waals surface area contributed by atoms with Gasteiger partial charge in [-0.1, -0.05) is 13.8 Å². The summed E-state index contributed by atoms with van der Waals surface area (Å²) in [4.78, 5) is 53.6. The molecule has 3 saturated heterocycles. The maximum absolute atomic E-state index is 13.1. The third-order valence-corrected chi connectivity index (χ3v) is 9.21. The number of ketones is 1. The number of rotatable bonds is 8. The number of carbonyl (C=O) groups is 4. The quantitative estimate of drug-likeness (QED) is 0.334. The van der Waals surface area contributed by atoms with Crippen LogP contribution in [0.1, 0.15) is 40.0 Å². The van der Waals surface area contributed by atoms with E-state index in [2.05, 4.69) is 5.32 Å². The Kier molecular flexibility index (Phi) is 7.10. The minimum atomic E-state index is -1.11. The van der Waals surface area contributed by atoms with Gasteiger partial charge in [-0.25, -0.2) is 4.79 Å². The van der Waals surface area contributed by atoms with E-state index in [4.69, 9.17) is 11.5 Å². The monoisotopic (exact) mass is 493 g/mol. The zero-order valence-corrected chi connectivity index (χ0v) is 20.7. The first-order chi connectivity index (χ1) is 16.0. The number of thioether (sulfide) groups is 1. The average Bonchev–Trinajstić information content (AvgIpc) is 3.43. The summed E-state index contributed by atoms with van der Waals surface area (Å²) in [6, 6.07) is -0.703. The molecule has 3 fully saturated rings. The number of likely N-dealkylation sites (tertiary alicyclic amines) is 1. The number of carboxylic acids is 1. The molecule has 8 atom stereocenters. The molecule has 10 nitrogen and oxygen atoms in total. The predicted octanol–water partition coefficient (Wildman–Crippen LogP) is -0.275. The third-order valence-electron chi connectivity index (χ3n) is 7.70. The summed E-state index contributed by atoms with van der Waals surface area (Å²) in [5, 5.41) is 13.2. The van der Waals surface area contributed by atoms with Gasteiger partial charge in [0.05, 0.1) is 18.0 Å². The van der Waals surface area contributed by atoms with Gasteiger partial charge in [-0.2, -0.15) is 0 Å². The van der Waals surface area contributed by atoms with Gasteiger partial charge < -0.3 is 36.5 Å². The first-order valence-corrected chi connectivity index (χ1v) is 12.9. The lowest BCUT2D eigenvalue weighted by molar-refractivity contribution is -0.160. The second-order valence-corrected chi connectivity index (χ2v) is 11.6. The topological polar surface area (TPSA) is 159 Å². The van der Waals surface area contributed by atoms with Crippen LogP contribution in [0.3, 0.4) is 0 Å². The summed E-state index contributed by atoms with van der Waals surface area (Å²) < 4.78 is 0. The van der Waals surface area contributed by atoms with Crippen molar-refractivity contribution in [3.05, 3.63) is 10.6 Å². The van der Waals surface area contributed by atoms with E-state index in [1.165, 1.54) is 23.6 Å². The molecular weight excluding hydrogens is 458 g/mol. The molecule has 4 heterocycles. The Morgan fingerprint density at radius 3 is 2.62 bits per heavy atom. The van der Waals surface area contributed by atoms with Crippen LogP contribution in [0, 0.1) is 17.8 Å². The van der Waals surface area contributed by atoms with E-state index in [-0.39, 0.29) is 70.5 Å². The molecule has 11 heteroatoms. The number of aliphatic carboxylic acids is 1. The molecule has 2 amide bonds. The Balaban J connectivity index is 1.45. The second kappa shape index (κ2) is 9.60. The molecule has 6 N–H and O–H groups in total. The van der Waals surface area contributed by atoms with Crippen molar-refractivity contribution >= 4 is 35.3 Å². The van der Waals surface area contributed by atoms with Gasteiger partial charge in [0.1, 0.15) is 11.5 Å². The molecule has 0 aliphatic carbocycles.